The molecule has 556 valence electrons. The Kier molecular flexibility index (Phi) is 31.7. The number of aliphatic hydroxyl groups is 1. The number of likely N-dealkylation sites (tertiary alicyclic amines) is 1. The molecule has 2 aliphatic heterocycles. The van der Waals surface area contributed by atoms with Crippen molar-refractivity contribution in [2.24, 2.45) is 17.8 Å². The van der Waals surface area contributed by atoms with E-state index in [-0.39, 0.29) is 31.7 Å². The number of hydrogen-bond donors (Lipinski definition) is 6. The minimum Gasteiger partial charge on any atom is -0.391 e. The second kappa shape index (κ2) is 37.8. The number of rotatable bonds is 11. The number of carbonyl (C=O) groups is 13. The van der Waals surface area contributed by atoms with Crippen molar-refractivity contribution in [3.05, 3.63) is 71.8 Å². The summed E-state index contributed by atoms with van der Waals surface area (Å²) in [5, 5.41) is 24.7. The molecule has 0 bridgehead atoms. The van der Waals surface area contributed by atoms with Crippen LogP contribution in [0.1, 0.15) is 133 Å². The number of hydrogen-bond acceptors (Lipinski definition) is 15. The zero-order valence-corrected chi connectivity index (χ0v) is 62.5. The molecule has 13 atom stereocenters. The maximum absolute atomic E-state index is 15.0. The van der Waals surface area contributed by atoms with Crippen molar-refractivity contribution >= 4 is 76.8 Å². The van der Waals surface area contributed by atoms with Crippen LogP contribution in [-0.4, -0.2) is 275 Å². The zero-order valence-electron chi connectivity index (χ0n) is 62.5. The van der Waals surface area contributed by atoms with E-state index in [1.807, 2.05) is 13.8 Å². The van der Waals surface area contributed by atoms with E-state index in [1.165, 1.54) is 93.8 Å². The highest BCUT2D eigenvalue weighted by Crippen LogP contribution is 2.22. The van der Waals surface area contributed by atoms with Crippen LogP contribution in [0.15, 0.2) is 60.7 Å². The molecule has 4 rings (SSSR count). The van der Waals surface area contributed by atoms with Crippen LogP contribution >= 0.6 is 0 Å². The van der Waals surface area contributed by atoms with E-state index < -0.39 is 180 Å². The lowest BCUT2D eigenvalue weighted by atomic mass is 9.99. The lowest BCUT2D eigenvalue weighted by Crippen LogP contribution is -2.62. The largest absolute Gasteiger partial charge is 0.391 e. The number of ether oxygens (including phenoxy) is 1. The summed E-state index contributed by atoms with van der Waals surface area (Å²) < 4.78 is 6.09. The molecule has 0 saturated carbocycles. The van der Waals surface area contributed by atoms with Crippen LogP contribution < -0.4 is 26.6 Å². The van der Waals surface area contributed by atoms with Gasteiger partial charge in [0.05, 0.1) is 30.7 Å². The van der Waals surface area contributed by atoms with E-state index in [4.69, 9.17) is 4.74 Å². The summed E-state index contributed by atoms with van der Waals surface area (Å²) >= 11 is 0. The zero-order chi connectivity index (χ0) is 75.5. The average molecular weight is 1400 g/mol. The topological polar surface area (TPSA) is 337 Å². The Labute approximate surface area is 590 Å². The smallest absolute Gasteiger partial charge is 0.248 e. The first-order valence-electron chi connectivity index (χ1n) is 34.7. The van der Waals surface area contributed by atoms with Gasteiger partial charge in [0.15, 0.2) is 0 Å². The number of carbonyl (C=O) groups excluding carboxylic acids is 13. The van der Waals surface area contributed by atoms with E-state index >= 15 is 0 Å². The fraction of sp³-hybridized carbons (Fsp3) is 0.653. The van der Waals surface area contributed by atoms with Crippen molar-refractivity contribution in [3.63, 3.8) is 0 Å². The van der Waals surface area contributed by atoms with Crippen LogP contribution in [0.25, 0.3) is 0 Å². The number of piperidine rings is 1. The lowest BCUT2D eigenvalue weighted by Gasteiger charge is -2.38. The number of amides is 13. The fourth-order valence-corrected chi connectivity index (χ4v) is 12.1. The molecule has 0 spiro atoms. The highest BCUT2D eigenvalue weighted by Gasteiger charge is 2.43. The van der Waals surface area contributed by atoms with Gasteiger partial charge < -0.3 is 75.6 Å². The first kappa shape index (κ1) is 83.9. The van der Waals surface area contributed by atoms with Crippen LogP contribution in [0.3, 0.4) is 0 Å². The third kappa shape index (κ3) is 23.3. The SMILES string of the molecule is CC(C)C[C@H]1C(=O)N(C)[C@@H](C)C(=O)NC(COC(C)(C)C)C(=O)N(C)[C@@H](C(C)C)C(=O)N[C@H](C(=O)N2CCCCC2)CC(=O)N(C)C[C@@H](C)C(=O)N(C)[C@@H](Cc2ccccc2)C(=O)N[C@@H](C)C(=O)N(C)[C@@H](C)C(=O)N[C@@H](Cc2ccccc2)C(=O)N[C@@H]([C@@H](C)O)C(=O)N(C)[C@@H](C)C(=O)N1C. The number of nitrogens with one attached hydrogen (secondary N) is 5. The third-order valence-corrected chi connectivity index (χ3v) is 18.8. The minimum absolute atomic E-state index is 0.0148. The van der Waals surface area contributed by atoms with Crippen LogP contribution in [0.2, 0.25) is 0 Å². The molecule has 1 unspecified atom stereocenters. The Morgan fingerprint density at radius 3 is 1.53 bits per heavy atom. The molecule has 6 N–H and O–H groups in total. The summed E-state index contributed by atoms with van der Waals surface area (Å²) in [5.41, 5.74) is 0.394. The molecule has 28 nitrogen and oxygen atoms in total. The molecule has 100 heavy (non-hydrogen) atoms. The first-order chi connectivity index (χ1) is 46.6. The monoisotopic (exact) mass is 1400 g/mol. The molecule has 2 aliphatic rings. The second-order valence-electron chi connectivity index (χ2n) is 28.8. The van der Waals surface area contributed by atoms with Gasteiger partial charge in [0.2, 0.25) is 76.8 Å². The van der Waals surface area contributed by atoms with Gasteiger partial charge >= 0.3 is 0 Å². The molecule has 0 aromatic heterocycles. The Bertz CT molecular complexity index is 3180. The van der Waals surface area contributed by atoms with Crippen molar-refractivity contribution in [3.8, 4) is 0 Å². The Hall–Kier alpha value is -8.53. The predicted octanol–water partition coefficient (Wildman–Crippen LogP) is 1.35. The van der Waals surface area contributed by atoms with Crippen LogP contribution in [0, 0.1) is 17.8 Å². The third-order valence-electron chi connectivity index (χ3n) is 18.8. The van der Waals surface area contributed by atoms with Gasteiger partial charge in [0.1, 0.15) is 66.5 Å². The summed E-state index contributed by atoms with van der Waals surface area (Å²) in [4.78, 5) is 199. The Balaban J connectivity index is 1.86. The predicted molar refractivity (Wildman–Crippen MR) is 376 cm³/mol. The van der Waals surface area contributed by atoms with Crippen molar-refractivity contribution in [1.29, 1.82) is 0 Å². The normalized spacial score (nSPS) is 27.0. The van der Waals surface area contributed by atoms with Crippen LogP contribution in [-0.2, 0) is 79.9 Å². The van der Waals surface area contributed by atoms with Gasteiger partial charge in [-0.05, 0) is 104 Å². The van der Waals surface area contributed by atoms with Gasteiger partial charge in [-0.3, -0.25) is 62.3 Å². The molecule has 2 aromatic carbocycles. The average Bonchev–Trinajstić information content (AvgIpc) is 0.825. The fourth-order valence-electron chi connectivity index (χ4n) is 12.1. The first-order valence-corrected chi connectivity index (χ1v) is 34.7. The Morgan fingerprint density at radius 2 is 1.02 bits per heavy atom. The van der Waals surface area contributed by atoms with Crippen LogP contribution in [0.5, 0.6) is 0 Å². The van der Waals surface area contributed by atoms with Gasteiger partial charge in [-0.15, -0.1) is 0 Å². The van der Waals surface area contributed by atoms with Gasteiger partial charge in [0, 0.05) is 81.8 Å². The number of benzene rings is 2. The van der Waals surface area contributed by atoms with E-state index in [9.17, 15) is 67.4 Å². The molecule has 28 heteroatoms. The maximum Gasteiger partial charge on any atom is 0.248 e. The summed E-state index contributed by atoms with van der Waals surface area (Å²) in [5.74, 6) is -11.4. The van der Waals surface area contributed by atoms with E-state index in [2.05, 4.69) is 26.6 Å². The number of likely N-dealkylation sites (N-methyl/N-ethyl adjacent to an activating group) is 6. The van der Waals surface area contributed by atoms with Crippen LogP contribution in [0.4, 0.5) is 0 Å². The molecule has 13 amide bonds. The van der Waals surface area contributed by atoms with Crippen molar-refractivity contribution in [1.82, 2.24) is 65.8 Å². The van der Waals surface area contributed by atoms with E-state index in [0.29, 0.717) is 37.1 Å². The highest BCUT2D eigenvalue weighted by molar-refractivity contribution is 6.00. The molecule has 0 radical (unpaired) electrons. The van der Waals surface area contributed by atoms with Gasteiger partial charge in [0.25, 0.3) is 0 Å². The summed E-state index contributed by atoms with van der Waals surface area (Å²) in [6.45, 7) is 20.8. The van der Waals surface area contributed by atoms with Gasteiger partial charge in [-0.25, -0.2) is 0 Å². The van der Waals surface area contributed by atoms with Gasteiger partial charge in [-0.1, -0.05) is 95.3 Å². The maximum atomic E-state index is 15.0. The standard InChI is InChI=1S/C72H113N13O15/c1-42(2)36-56-70(98)80(16)47(8)61(89)76-54(41-100-72(11,12)13)68(96)84(20)59(43(3)4)64(92)75-53(69(97)85-34-28-23-29-35-85)39-57(87)78(14)40-44(5)65(93)82(18)55(38-51-32-26-22-27-33-51)63(91)73-45(6)66(94)79(15)46(7)60(88)74-52(37-50-30-24-21-25-31-50)62(90)77-58(49(10)86)71(99)81(17)48(9)67(95)83(56)19/h21-22,24-27,30-33,42-49,52-56,58-59,86H,23,28-29,34-41H2,1-20H3,(H,73,91)(H,74,88)(H,75,92)(H,76,89)(H,77,90)/t44-,45+,46+,47+,48+,49-,52+,53+,54?,55+,56+,58+,59+/m1/s1. The highest BCUT2D eigenvalue weighted by atomic mass is 16.5. The second-order valence-corrected chi connectivity index (χ2v) is 28.8. The number of aliphatic hydroxyl groups excluding tert-OH is 1. The van der Waals surface area contributed by atoms with Crippen molar-refractivity contribution in [2.75, 3.05) is 75.6 Å². The van der Waals surface area contributed by atoms with Gasteiger partial charge in [-0.2, -0.15) is 0 Å². The van der Waals surface area contributed by atoms with E-state index in [0.717, 1.165) is 30.9 Å². The minimum atomic E-state index is -1.71. The van der Waals surface area contributed by atoms with Crippen molar-refractivity contribution in [2.45, 2.75) is 213 Å². The summed E-state index contributed by atoms with van der Waals surface area (Å²) in [7, 11) is 9.57. The quantitative estimate of drug-likeness (QED) is 0.185. The van der Waals surface area contributed by atoms with E-state index in [1.54, 1.807) is 107 Å². The Morgan fingerprint density at radius 1 is 0.520 bits per heavy atom. The summed E-state index contributed by atoms with van der Waals surface area (Å²) in [6.07, 6.45) is 0.0231. The molecule has 2 fully saturated rings. The molecule has 2 saturated heterocycles. The number of nitrogens with zero attached hydrogens (tertiary/aromatic N) is 8. The molecular formula is C72H113N13O15. The van der Waals surface area contributed by atoms with Crippen molar-refractivity contribution < 1.29 is 72.2 Å². The molecule has 0 aliphatic carbocycles. The molecular weight excluding hydrogens is 1290 g/mol. The summed E-state index contributed by atoms with van der Waals surface area (Å²) in [6, 6.07) is 2.34. The molecule has 2 heterocycles. The lowest BCUT2D eigenvalue weighted by molar-refractivity contribution is -0.153. The molecule has 2 aromatic rings.